The van der Waals surface area contributed by atoms with Gasteiger partial charge in [0, 0.05) is 17.1 Å². The van der Waals surface area contributed by atoms with Gasteiger partial charge in [0.15, 0.2) is 6.61 Å². The van der Waals surface area contributed by atoms with Gasteiger partial charge in [-0.3, -0.25) is 14.4 Å². The van der Waals surface area contributed by atoms with E-state index in [2.05, 4.69) is 10.6 Å². The van der Waals surface area contributed by atoms with Crippen LogP contribution in [-0.4, -0.2) is 30.9 Å². The van der Waals surface area contributed by atoms with E-state index >= 15 is 0 Å². The number of rotatable bonds is 7. The number of ether oxygens (including phenoxy) is 1. The van der Waals surface area contributed by atoms with Gasteiger partial charge < -0.3 is 15.4 Å². The van der Waals surface area contributed by atoms with Crippen molar-refractivity contribution in [3.63, 3.8) is 0 Å². The summed E-state index contributed by atoms with van der Waals surface area (Å²) in [7, 11) is 0. The Kier molecular flexibility index (Phi) is 6.05. The van der Waals surface area contributed by atoms with Crippen LogP contribution in [0.15, 0.2) is 18.2 Å². The SMILES string of the molecule is Cc1c(Cl)cccc1NC(=O)COC(=O)CNC(=O)CC12CC3CC(CC(C3)C1)C2. The molecule has 7 heteroatoms. The first-order valence-electron chi connectivity index (χ1n) is 10.8. The Morgan fingerprint density at radius 1 is 1.07 bits per heavy atom. The molecule has 1 aromatic rings. The molecular weight excluding hydrogens is 404 g/mol. The molecule has 2 amide bonds. The van der Waals surface area contributed by atoms with Crippen molar-refractivity contribution in [3.05, 3.63) is 28.8 Å². The second-order valence-electron chi connectivity index (χ2n) is 9.49. The van der Waals surface area contributed by atoms with E-state index in [0.29, 0.717) is 17.1 Å². The first-order valence-corrected chi connectivity index (χ1v) is 11.2. The number of halogens is 1. The lowest BCUT2D eigenvalue weighted by Gasteiger charge is -2.56. The summed E-state index contributed by atoms with van der Waals surface area (Å²) in [6.45, 7) is 1.17. The van der Waals surface area contributed by atoms with Crippen LogP contribution in [0.5, 0.6) is 0 Å². The van der Waals surface area contributed by atoms with Gasteiger partial charge in [0.05, 0.1) is 0 Å². The lowest BCUT2D eigenvalue weighted by Crippen LogP contribution is -2.48. The summed E-state index contributed by atoms with van der Waals surface area (Å²) in [5, 5.41) is 5.90. The maximum absolute atomic E-state index is 12.5. The van der Waals surface area contributed by atoms with Gasteiger partial charge in [-0.25, -0.2) is 0 Å². The van der Waals surface area contributed by atoms with E-state index in [0.717, 1.165) is 42.6 Å². The highest BCUT2D eigenvalue weighted by molar-refractivity contribution is 6.31. The zero-order chi connectivity index (χ0) is 21.3. The molecule has 6 nitrogen and oxygen atoms in total. The molecule has 5 rings (SSSR count). The van der Waals surface area contributed by atoms with E-state index in [1.54, 1.807) is 25.1 Å². The number of carbonyl (C=O) groups excluding carboxylic acids is 3. The molecular formula is C23H29ClN2O4. The number of amides is 2. The standard InChI is InChI=1S/C23H29ClN2O4/c1-14-18(24)3-2-4-19(14)26-21(28)13-30-22(29)12-25-20(27)11-23-8-15-5-16(9-23)7-17(6-15)10-23/h2-4,15-17H,5-13H2,1H3,(H,25,27)(H,26,28). The van der Waals surface area contributed by atoms with Crippen LogP contribution in [0.2, 0.25) is 5.02 Å². The Labute approximate surface area is 182 Å². The third kappa shape index (κ3) is 4.80. The van der Waals surface area contributed by atoms with Crippen LogP contribution >= 0.6 is 11.6 Å². The minimum Gasteiger partial charge on any atom is -0.454 e. The van der Waals surface area contributed by atoms with Crippen molar-refractivity contribution in [1.29, 1.82) is 0 Å². The normalized spacial score (nSPS) is 28.8. The molecule has 30 heavy (non-hydrogen) atoms. The summed E-state index contributed by atoms with van der Waals surface area (Å²) in [6, 6.07) is 5.20. The Hall–Kier alpha value is -2.08. The second kappa shape index (κ2) is 8.58. The highest BCUT2D eigenvalue weighted by atomic mass is 35.5. The van der Waals surface area contributed by atoms with E-state index in [1.165, 1.54) is 19.3 Å². The largest absolute Gasteiger partial charge is 0.454 e. The molecule has 0 aromatic heterocycles. The predicted octanol–water partition coefficient (Wildman–Crippen LogP) is 3.85. The molecule has 1 aromatic carbocycles. The van der Waals surface area contributed by atoms with Crippen molar-refractivity contribution in [2.45, 2.75) is 51.9 Å². The minimum absolute atomic E-state index is 0.0899. The molecule has 2 N–H and O–H groups in total. The molecule has 0 aliphatic heterocycles. The number of hydrogen-bond acceptors (Lipinski definition) is 4. The highest BCUT2D eigenvalue weighted by Crippen LogP contribution is 2.61. The summed E-state index contributed by atoms with van der Waals surface area (Å²) in [5.41, 5.74) is 1.46. The second-order valence-corrected chi connectivity index (χ2v) is 9.90. The average Bonchev–Trinajstić information content (AvgIpc) is 2.67. The first kappa shape index (κ1) is 21.2. The lowest BCUT2D eigenvalue weighted by atomic mass is 9.49. The molecule has 162 valence electrons. The minimum atomic E-state index is -0.619. The monoisotopic (exact) mass is 432 g/mol. The fraction of sp³-hybridized carbons (Fsp3) is 0.609. The lowest BCUT2D eigenvalue weighted by molar-refractivity contribution is -0.147. The molecule has 4 fully saturated rings. The summed E-state index contributed by atoms with van der Waals surface area (Å²) >= 11 is 6.03. The van der Waals surface area contributed by atoms with Crippen molar-refractivity contribution in [2.75, 3.05) is 18.5 Å². The zero-order valence-corrected chi connectivity index (χ0v) is 18.1. The Bertz CT molecular complexity index is 818. The van der Waals surface area contributed by atoms with Crippen LogP contribution in [-0.2, 0) is 19.1 Å². The average molecular weight is 433 g/mol. The van der Waals surface area contributed by atoms with E-state index in [-0.39, 0.29) is 17.9 Å². The Balaban J connectivity index is 1.18. The molecule has 0 spiro atoms. The summed E-state index contributed by atoms with van der Waals surface area (Å²) in [4.78, 5) is 36.4. The van der Waals surface area contributed by atoms with E-state index < -0.39 is 18.5 Å². The summed E-state index contributed by atoms with van der Waals surface area (Å²) in [6.07, 6.45) is 7.97. The highest BCUT2D eigenvalue weighted by Gasteiger charge is 2.51. The fourth-order valence-corrected chi connectivity index (χ4v) is 6.38. The first-order chi connectivity index (χ1) is 14.3. The maximum Gasteiger partial charge on any atom is 0.325 e. The molecule has 0 heterocycles. The van der Waals surface area contributed by atoms with Crippen LogP contribution in [0.1, 0.15) is 50.5 Å². The van der Waals surface area contributed by atoms with Gasteiger partial charge in [-0.2, -0.15) is 0 Å². The third-order valence-electron chi connectivity index (χ3n) is 7.04. The Morgan fingerprint density at radius 2 is 1.70 bits per heavy atom. The summed E-state index contributed by atoms with van der Waals surface area (Å²) < 4.78 is 4.99. The molecule has 0 unspecified atom stereocenters. The molecule has 0 saturated heterocycles. The van der Waals surface area contributed by atoms with Gasteiger partial charge in [0.2, 0.25) is 5.91 Å². The predicted molar refractivity (Wildman–Crippen MR) is 114 cm³/mol. The van der Waals surface area contributed by atoms with Crippen LogP contribution in [0, 0.1) is 30.1 Å². The molecule has 4 saturated carbocycles. The number of carbonyl (C=O) groups is 3. The number of nitrogens with one attached hydrogen (secondary N) is 2. The van der Waals surface area contributed by atoms with E-state index in [9.17, 15) is 14.4 Å². The maximum atomic E-state index is 12.5. The van der Waals surface area contributed by atoms with Crippen molar-refractivity contribution in [1.82, 2.24) is 5.32 Å². The van der Waals surface area contributed by atoms with Gasteiger partial charge in [-0.15, -0.1) is 0 Å². The number of benzene rings is 1. The van der Waals surface area contributed by atoms with Crippen molar-refractivity contribution in [3.8, 4) is 0 Å². The van der Waals surface area contributed by atoms with Crippen molar-refractivity contribution < 1.29 is 19.1 Å². The number of anilines is 1. The van der Waals surface area contributed by atoms with E-state index in [1.807, 2.05) is 0 Å². The van der Waals surface area contributed by atoms with Crippen LogP contribution in [0.3, 0.4) is 0 Å². The fourth-order valence-electron chi connectivity index (χ4n) is 6.21. The van der Waals surface area contributed by atoms with Crippen molar-refractivity contribution >= 4 is 35.1 Å². The number of hydrogen-bond donors (Lipinski definition) is 2. The molecule has 4 aliphatic rings. The topological polar surface area (TPSA) is 84.5 Å². The number of esters is 1. The third-order valence-corrected chi connectivity index (χ3v) is 7.45. The smallest absolute Gasteiger partial charge is 0.325 e. The molecule has 4 bridgehead atoms. The van der Waals surface area contributed by atoms with Crippen molar-refractivity contribution in [2.24, 2.45) is 23.2 Å². The van der Waals surface area contributed by atoms with Gasteiger partial charge in [-0.05, 0) is 86.3 Å². The van der Waals surface area contributed by atoms with Crippen LogP contribution in [0.4, 0.5) is 5.69 Å². The van der Waals surface area contributed by atoms with Gasteiger partial charge in [-0.1, -0.05) is 17.7 Å². The van der Waals surface area contributed by atoms with Gasteiger partial charge in [0.25, 0.3) is 5.91 Å². The summed E-state index contributed by atoms with van der Waals surface area (Å²) in [5.74, 6) is 1.20. The quantitative estimate of drug-likeness (QED) is 0.641. The van der Waals surface area contributed by atoms with Gasteiger partial charge >= 0.3 is 5.97 Å². The van der Waals surface area contributed by atoms with Crippen LogP contribution in [0.25, 0.3) is 0 Å². The van der Waals surface area contributed by atoms with E-state index in [4.69, 9.17) is 16.3 Å². The van der Waals surface area contributed by atoms with Crippen LogP contribution < -0.4 is 10.6 Å². The molecule has 0 radical (unpaired) electrons. The zero-order valence-electron chi connectivity index (χ0n) is 17.3. The molecule has 4 aliphatic carbocycles. The van der Waals surface area contributed by atoms with Gasteiger partial charge in [0.1, 0.15) is 6.54 Å². The Morgan fingerprint density at radius 3 is 2.33 bits per heavy atom. The molecule has 0 atom stereocenters.